The van der Waals surface area contributed by atoms with Crippen molar-refractivity contribution in [2.24, 2.45) is 0 Å². The van der Waals surface area contributed by atoms with Crippen LogP contribution < -0.4 is 19.5 Å². The van der Waals surface area contributed by atoms with Crippen molar-refractivity contribution < 1.29 is 19.0 Å². The Hall–Kier alpha value is -2.19. The molecule has 7 nitrogen and oxygen atoms in total. The molecule has 0 radical (unpaired) electrons. The van der Waals surface area contributed by atoms with E-state index < -0.39 is 6.10 Å². The second-order valence-electron chi connectivity index (χ2n) is 7.18. The highest BCUT2D eigenvalue weighted by Crippen LogP contribution is 2.30. The number of nitrogens with zero attached hydrogens (tertiary/aromatic N) is 2. The molecule has 31 heavy (non-hydrogen) atoms. The van der Waals surface area contributed by atoms with Crippen molar-refractivity contribution in [1.29, 1.82) is 0 Å². The first kappa shape index (κ1) is 25.1. The molecule has 4 rings (SSSR count). The van der Waals surface area contributed by atoms with Gasteiger partial charge in [-0.1, -0.05) is 30.3 Å². The van der Waals surface area contributed by atoms with Crippen molar-refractivity contribution in [3.05, 3.63) is 54.6 Å². The van der Waals surface area contributed by atoms with Gasteiger partial charge >= 0.3 is 0 Å². The van der Waals surface area contributed by atoms with Crippen molar-refractivity contribution in [2.75, 3.05) is 52.6 Å². The van der Waals surface area contributed by atoms with Crippen molar-refractivity contribution in [3.8, 4) is 17.2 Å². The normalized spacial score (nSPS) is 18.3. The van der Waals surface area contributed by atoms with Gasteiger partial charge in [-0.05, 0) is 24.3 Å². The molecule has 2 aliphatic heterocycles. The summed E-state index contributed by atoms with van der Waals surface area (Å²) in [6, 6.07) is 17.3. The zero-order valence-electron chi connectivity index (χ0n) is 17.3. The lowest BCUT2D eigenvalue weighted by Gasteiger charge is -2.35. The Morgan fingerprint density at radius 2 is 1.58 bits per heavy atom. The number of nitrogens with one attached hydrogen (secondary N) is 1. The van der Waals surface area contributed by atoms with E-state index in [9.17, 15) is 4.79 Å². The number of benzene rings is 2. The van der Waals surface area contributed by atoms with Gasteiger partial charge in [0.15, 0.2) is 11.5 Å². The number of carbonyl (C=O) groups is 1. The van der Waals surface area contributed by atoms with E-state index in [-0.39, 0.29) is 37.3 Å². The minimum Gasteiger partial charge on any atom is -0.492 e. The van der Waals surface area contributed by atoms with E-state index in [1.807, 2.05) is 54.6 Å². The van der Waals surface area contributed by atoms with E-state index in [0.29, 0.717) is 24.8 Å². The summed E-state index contributed by atoms with van der Waals surface area (Å²) in [4.78, 5) is 17.0. The van der Waals surface area contributed by atoms with Crippen molar-refractivity contribution in [2.45, 2.75) is 6.10 Å². The van der Waals surface area contributed by atoms with Gasteiger partial charge in [-0.15, -0.1) is 24.8 Å². The Bertz CT molecular complexity index is 804. The third-order valence-corrected chi connectivity index (χ3v) is 5.16. The van der Waals surface area contributed by atoms with E-state index in [1.165, 1.54) is 0 Å². The number of piperazine rings is 1. The summed E-state index contributed by atoms with van der Waals surface area (Å²) in [7, 11) is 0. The summed E-state index contributed by atoms with van der Waals surface area (Å²) in [6.07, 6.45) is -0.610. The molecule has 0 aromatic heterocycles. The first-order chi connectivity index (χ1) is 14.3. The van der Waals surface area contributed by atoms with Crippen LogP contribution >= 0.6 is 24.8 Å². The zero-order chi connectivity index (χ0) is 19.9. The fourth-order valence-electron chi connectivity index (χ4n) is 3.43. The second kappa shape index (κ2) is 12.6. The molecule has 2 heterocycles. The van der Waals surface area contributed by atoms with Gasteiger partial charge in [0, 0.05) is 32.7 Å². The van der Waals surface area contributed by atoms with Crippen LogP contribution in [0.25, 0.3) is 0 Å². The predicted octanol–water partition coefficient (Wildman–Crippen LogP) is 2.44. The average Bonchev–Trinajstić information content (AvgIpc) is 2.79. The highest BCUT2D eigenvalue weighted by molar-refractivity contribution is 5.85. The summed E-state index contributed by atoms with van der Waals surface area (Å²) in [5.74, 6) is 2.07. The number of fused-ring (bicyclic) bond motifs is 1. The van der Waals surface area contributed by atoms with Crippen molar-refractivity contribution in [1.82, 2.24) is 15.1 Å². The van der Waals surface area contributed by atoms with Crippen LogP contribution in [0.2, 0.25) is 0 Å². The van der Waals surface area contributed by atoms with Crippen LogP contribution in [0, 0.1) is 0 Å². The number of halogens is 2. The van der Waals surface area contributed by atoms with Gasteiger partial charge in [-0.2, -0.15) is 0 Å². The third kappa shape index (κ3) is 7.18. The van der Waals surface area contributed by atoms with Gasteiger partial charge in [0.05, 0.1) is 6.67 Å². The zero-order valence-corrected chi connectivity index (χ0v) is 18.9. The van der Waals surface area contributed by atoms with Gasteiger partial charge in [-0.25, -0.2) is 0 Å². The van der Waals surface area contributed by atoms with Gasteiger partial charge in [0.2, 0.25) is 6.10 Å². The molecule has 1 saturated heterocycles. The van der Waals surface area contributed by atoms with E-state index in [1.54, 1.807) is 0 Å². The van der Waals surface area contributed by atoms with Crippen LogP contribution in [0.15, 0.2) is 54.6 Å². The molecule has 0 saturated carbocycles. The minimum absolute atomic E-state index is 0. The summed E-state index contributed by atoms with van der Waals surface area (Å²) >= 11 is 0. The van der Waals surface area contributed by atoms with E-state index in [2.05, 4.69) is 15.1 Å². The summed E-state index contributed by atoms with van der Waals surface area (Å²) < 4.78 is 17.1. The molecule has 2 aliphatic rings. The molecule has 0 aliphatic carbocycles. The molecule has 170 valence electrons. The Morgan fingerprint density at radius 1 is 0.935 bits per heavy atom. The molecule has 9 heteroatoms. The van der Waals surface area contributed by atoms with Crippen LogP contribution in [0.5, 0.6) is 17.2 Å². The number of hydrogen-bond donors (Lipinski definition) is 1. The van der Waals surface area contributed by atoms with Crippen LogP contribution in [-0.4, -0.2) is 74.4 Å². The molecule has 1 N–H and O–H groups in total. The highest BCUT2D eigenvalue weighted by Gasteiger charge is 2.27. The Morgan fingerprint density at radius 3 is 2.32 bits per heavy atom. The SMILES string of the molecule is Cl.Cl.O=C(NCN1CCN(CCOc2ccccc2)CC1)C1COc2ccccc2O1. The molecule has 0 bridgehead atoms. The predicted molar refractivity (Wildman–Crippen MR) is 124 cm³/mol. The van der Waals surface area contributed by atoms with Crippen molar-refractivity contribution in [3.63, 3.8) is 0 Å². The van der Waals surface area contributed by atoms with Gasteiger partial charge < -0.3 is 19.5 Å². The van der Waals surface area contributed by atoms with Gasteiger partial charge in [0.25, 0.3) is 5.91 Å². The first-order valence-corrected chi connectivity index (χ1v) is 10.1. The number of amides is 1. The maximum Gasteiger partial charge on any atom is 0.265 e. The lowest BCUT2D eigenvalue weighted by atomic mass is 10.2. The number of para-hydroxylation sites is 3. The Kier molecular flexibility index (Phi) is 10.2. The Balaban J connectivity index is 0.00000171. The van der Waals surface area contributed by atoms with Crippen LogP contribution in [-0.2, 0) is 4.79 Å². The van der Waals surface area contributed by atoms with Crippen LogP contribution in [0.4, 0.5) is 0 Å². The maximum absolute atomic E-state index is 12.4. The molecule has 2 aromatic rings. The average molecular weight is 470 g/mol. The lowest BCUT2D eigenvalue weighted by molar-refractivity contribution is -0.131. The smallest absolute Gasteiger partial charge is 0.265 e. The van der Waals surface area contributed by atoms with E-state index in [4.69, 9.17) is 14.2 Å². The topological polar surface area (TPSA) is 63.3 Å². The third-order valence-electron chi connectivity index (χ3n) is 5.16. The maximum atomic E-state index is 12.4. The van der Waals surface area contributed by atoms with Gasteiger partial charge in [0.1, 0.15) is 19.0 Å². The first-order valence-electron chi connectivity index (χ1n) is 10.1. The van der Waals surface area contributed by atoms with Crippen LogP contribution in [0.3, 0.4) is 0 Å². The van der Waals surface area contributed by atoms with Crippen LogP contribution in [0.1, 0.15) is 0 Å². The lowest BCUT2D eigenvalue weighted by Crippen LogP contribution is -2.53. The quantitative estimate of drug-likeness (QED) is 0.671. The summed E-state index contributed by atoms with van der Waals surface area (Å²) in [6.45, 7) is 6.09. The molecule has 1 unspecified atom stereocenters. The molecule has 2 aromatic carbocycles. The fourth-order valence-corrected chi connectivity index (χ4v) is 3.43. The highest BCUT2D eigenvalue weighted by atomic mass is 35.5. The molecule has 1 atom stereocenters. The summed E-state index contributed by atoms with van der Waals surface area (Å²) in [5.41, 5.74) is 0. The Labute approximate surface area is 195 Å². The minimum atomic E-state index is -0.610. The summed E-state index contributed by atoms with van der Waals surface area (Å²) in [5, 5.41) is 2.97. The second-order valence-corrected chi connectivity index (χ2v) is 7.18. The number of ether oxygens (including phenoxy) is 3. The number of hydrogen-bond acceptors (Lipinski definition) is 6. The molecule has 1 fully saturated rings. The number of carbonyl (C=O) groups excluding carboxylic acids is 1. The van der Waals surface area contributed by atoms with E-state index in [0.717, 1.165) is 38.5 Å². The fraction of sp³-hybridized carbons (Fsp3) is 0.409. The monoisotopic (exact) mass is 469 g/mol. The van der Waals surface area contributed by atoms with E-state index >= 15 is 0 Å². The van der Waals surface area contributed by atoms with Crippen molar-refractivity contribution >= 4 is 30.7 Å². The molecular weight excluding hydrogens is 441 g/mol. The molecular formula is C22H29Cl2N3O4. The standard InChI is InChI=1S/C22H27N3O4.2ClH/c26-22(21-16-28-19-8-4-5-9-20(19)29-21)23-17-25-12-10-24(11-13-25)14-15-27-18-6-2-1-3-7-18;;/h1-9,21H,10-17H2,(H,23,26);2*1H. The largest absolute Gasteiger partial charge is 0.492 e. The van der Waals surface area contributed by atoms with Gasteiger partial charge in [-0.3, -0.25) is 14.6 Å². The number of rotatable bonds is 7. The molecule has 1 amide bonds. The molecule has 0 spiro atoms.